The van der Waals surface area contributed by atoms with Gasteiger partial charge in [0.25, 0.3) is 0 Å². The molecule has 1 fully saturated rings. The molecule has 2 rings (SSSR count). The van der Waals surface area contributed by atoms with E-state index in [4.69, 9.17) is 0 Å². The second-order valence-electron chi connectivity index (χ2n) is 5.67. The van der Waals surface area contributed by atoms with Crippen molar-refractivity contribution in [3.63, 3.8) is 0 Å². The Kier molecular flexibility index (Phi) is 2.72. The standard InChI is InChI=1S/C12H21N3/c1-12(2,3)6-8-15-9-7-13-11(15)14-10-4-5-10/h7,9-10H,4-6,8H2,1-3H3,(H,13,14). The predicted octanol–water partition coefficient (Wildman–Crippen LogP) is 2.89. The minimum atomic E-state index is 0.390. The maximum atomic E-state index is 4.35. The first-order valence-corrected chi connectivity index (χ1v) is 5.82. The van der Waals surface area contributed by atoms with Crippen LogP contribution >= 0.6 is 0 Å². The second kappa shape index (κ2) is 3.87. The van der Waals surface area contributed by atoms with Gasteiger partial charge < -0.3 is 9.88 Å². The lowest BCUT2D eigenvalue weighted by atomic mass is 9.92. The maximum absolute atomic E-state index is 4.35. The molecule has 3 nitrogen and oxygen atoms in total. The number of rotatable bonds is 4. The first-order chi connectivity index (χ1) is 7.04. The first kappa shape index (κ1) is 10.5. The molecular formula is C12H21N3. The van der Waals surface area contributed by atoms with Gasteiger partial charge in [-0.1, -0.05) is 20.8 Å². The van der Waals surface area contributed by atoms with Crippen LogP contribution in [-0.4, -0.2) is 15.6 Å². The fourth-order valence-corrected chi connectivity index (χ4v) is 1.50. The van der Waals surface area contributed by atoms with Crippen LogP contribution in [0.3, 0.4) is 0 Å². The fraction of sp³-hybridized carbons (Fsp3) is 0.750. The van der Waals surface area contributed by atoms with Crippen LogP contribution in [0.2, 0.25) is 0 Å². The molecule has 0 bridgehead atoms. The van der Waals surface area contributed by atoms with Gasteiger partial charge in [-0.3, -0.25) is 0 Å². The number of nitrogens with one attached hydrogen (secondary N) is 1. The van der Waals surface area contributed by atoms with Crippen LogP contribution in [0.1, 0.15) is 40.0 Å². The Morgan fingerprint density at radius 3 is 2.80 bits per heavy atom. The Balaban J connectivity index is 1.92. The molecule has 0 spiro atoms. The third-order valence-corrected chi connectivity index (χ3v) is 2.73. The highest BCUT2D eigenvalue weighted by Crippen LogP contribution is 2.25. The van der Waals surface area contributed by atoms with E-state index in [0.29, 0.717) is 11.5 Å². The molecular weight excluding hydrogens is 186 g/mol. The number of hydrogen-bond donors (Lipinski definition) is 1. The molecule has 1 aromatic rings. The molecule has 0 atom stereocenters. The molecule has 1 heterocycles. The van der Waals surface area contributed by atoms with Crippen LogP contribution in [-0.2, 0) is 6.54 Å². The summed E-state index contributed by atoms with van der Waals surface area (Å²) in [7, 11) is 0. The summed E-state index contributed by atoms with van der Waals surface area (Å²) in [6.07, 6.45) is 7.73. The zero-order valence-corrected chi connectivity index (χ0v) is 9.95. The Hall–Kier alpha value is -0.990. The lowest BCUT2D eigenvalue weighted by Gasteiger charge is -2.19. The van der Waals surface area contributed by atoms with E-state index < -0.39 is 0 Å². The molecule has 0 aromatic carbocycles. The van der Waals surface area contributed by atoms with Gasteiger partial charge in [0.2, 0.25) is 5.95 Å². The molecule has 0 radical (unpaired) electrons. The second-order valence-corrected chi connectivity index (χ2v) is 5.67. The smallest absolute Gasteiger partial charge is 0.202 e. The Morgan fingerprint density at radius 2 is 2.20 bits per heavy atom. The van der Waals surface area contributed by atoms with E-state index in [2.05, 4.69) is 41.8 Å². The molecule has 1 aliphatic rings. The average molecular weight is 207 g/mol. The zero-order chi connectivity index (χ0) is 10.9. The van der Waals surface area contributed by atoms with Gasteiger partial charge in [-0.15, -0.1) is 0 Å². The largest absolute Gasteiger partial charge is 0.353 e. The summed E-state index contributed by atoms with van der Waals surface area (Å²) in [4.78, 5) is 4.35. The zero-order valence-electron chi connectivity index (χ0n) is 9.95. The average Bonchev–Trinajstić information content (AvgIpc) is 2.80. The van der Waals surface area contributed by atoms with Crippen molar-refractivity contribution < 1.29 is 0 Å². The SMILES string of the molecule is CC(C)(C)CCn1ccnc1NC1CC1. The van der Waals surface area contributed by atoms with Crippen molar-refractivity contribution in [1.82, 2.24) is 9.55 Å². The Morgan fingerprint density at radius 1 is 1.47 bits per heavy atom. The summed E-state index contributed by atoms with van der Waals surface area (Å²) in [6.45, 7) is 7.88. The minimum absolute atomic E-state index is 0.390. The normalized spacial score (nSPS) is 16.7. The van der Waals surface area contributed by atoms with E-state index in [0.717, 1.165) is 12.5 Å². The highest BCUT2D eigenvalue weighted by Gasteiger charge is 2.22. The van der Waals surface area contributed by atoms with Crippen LogP contribution < -0.4 is 5.32 Å². The monoisotopic (exact) mass is 207 g/mol. The quantitative estimate of drug-likeness (QED) is 0.822. The van der Waals surface area contributed by atoms with Crippen molar-refractivity contribution in [1.29, 1.82) is 0 Å². The number of aryl methyl sites for hydroxylation is 1. The van der Waals surface area contributed by atoms with Crippen molar-refractivity contribution >= 4 is 5.95 Å². The van der Waals surface area contributed by atoms with Crippen molar-refractivity contribution in [3.8, 4) is 0 Å². The van der Waals surface area contributed by atoms with Crippen molar-refractivity contribution in [2.75, 3.05) is 5.32 Å². The van der Waals surface area contributed by atoms with Crippen LogP contribution in [0.25, 0.3) is 0 Å². The summed E-state index contributed by atoms with van der Waals surface area (Å²) >= 11 is 0. The van der Waals surface area contributed by atoms with Gasteiger partial charge in [0.1, 0.15) is 0 Å². The van der Waals surface area contributed by atoms with Gasteiger partial charge in [-0.2, -0.15) is 0 Å². The molecule has 1 aliphatic carbocycles. The molecule has 15 heavy (non-hydrogen) atoms. The van der Waals surface area contributed by atoms with E-state index in [9.17, 15) is 0 Å². The molecule has 0 aliphatic heterocycles. The van der Waals surface area contributed by atoms with E-state index in [1.54, 1.807) is 0 Å². The molecule has 1 saturated carbocycles. The molecule has 1 N–H and O–H groups in total. The lowest BCUT2D eigenvalue weighted by molar-refractivity contribution is 0.351. The molecule has 1 aromatic heterocycles. The number of aromatic nitrogens is 2. The Bertz CT molecular complexity index is 318. The molecule has 3 heteroatoms. The first-order valence-electron chi connectivity index (χ1n) is 5.82. The number of hydrogen-bond acceptors (Lipinski definition) is 2. The van der Waals surface area contributed by atoms with Gasteiger partial charge >= 0.3 is 0 Å². The van der Waals surface area contributed by atoms with Crippen molar-refractivity contribution in [3.05, 3.63) is 12.4 Å². The summed E-state index contributed by atoms with van der Waals surface area (Å²) in [5, 5.41) is 3.45. The van der Waals surface area contributed by atoms with Gasteiger partial charge in [0, 0.05) is 25.0 Å². The van der Waals surface area contributed by atoms with Crippen LogP contribution in [0.5, 0.6) is 0 Å². The Labute approximate surface area is 91.9 Å². The van der Waals surface area contributed by atoms with Gasteiger partial charge in [0.05, 0.1) is 0 Å². The summed E-state index contributed by atoms with van der Waals surface area (Å²) in [6, 6.07) is 0.681. The van der Waals surface area contributed by atoms with Crippen molar-refractivity contribution in [2.24, 2.45) is 5.41 Å². The lowest BCUT2D eigenvalue weighted by Crippen LogP contribution is -2.13. The van der Waals surface area contributed by atoms with Crippen molar-refractivity contribution in [2.45, 2.75) is 52.6 Å². The van der Waals surface area contributed by atoms with Crippen LogP contribution in [0.4, 0.5) is 5.95 Å². The minimum Gasteiger partial charge on any atom is -0.353 e. The van der Waals surface area contributed by atoms with E-state index in [1.165, 1.54) is 19.3 Å². The fourth-order valence-electron chi connectivity index (χ4n) is 1.50. The number of nitrogens with zero attached hydrogens (tertiary/aromatic N) is 2. The molecule has 0 amide bonds. The molecule has 0 unspecified atom stereocenters. The van der Waals surface area contributed by atoms with E-state index in [1.807, 2.05) is 6.20 Å². The number of imidazole rings is 1. The van der Waals surface area contributed by atoms with Crippen LogP contribution in [0.15, 0.2) is 12.4 Å². The highest BCUT2D eigenvalue weighted by molar-refractivity contribution is 5.29. The highest BCUT2D eigenvalue weighted by atomic mass is 15.2. The number of anilines is 1. The topological polar surface area (TPSA) is 29.9 Å². The van der Waals surface area contributed by atoms with Gasteiger partial charge in [-0.05, 0) is 24.7 Å². The molecule has 84 valence electrons. The van der Waals surface area contributed by atoms with E-state index in [-0.39, 0.29) is 0 Å². The summed E-state index contributed by atoms with van der Waals surface area (Å²) in [5.41, 5.74) is 0.390. The predicted molar refractivity (Wildman–Crippen MR) is 62.9 cm³/mol. The third-order valence-electron chi connectivity index (χ3n) is 2.73. The third kappa shape index (κ3) is 3.26. The summed E-state index contributed by atoms with van der Waals surface area (Å²) < 4.78 is 2.23. The van der Waals surface area contributed by atoms with Crippen LogP contribution in [0, 0.1) is 5.41 Å². The maximum Gasteiger partial charge on any atom is 0.202 e. The molecule has 0 saturated heterocycles. The summed E-state index contributed by atoms with van der Waals surface area (Å²) in [5.74, 6) is 1.04. The van der Waals surface area contributed by atoms with Gasteiger partial charge in [-0.25, -0.2) is 4.98 Å². The van der Waals surface area contributed by atoms with Gasteiger partial charge in [0.15, 0.2) is 0 Å². The van der Waals surface area contributed by atoms with E-state index >= 15 is 0 Å².